The number of hydrogen-bond donors (Lipinski definition) is 1. The molecule has 2 rings (SSSR count). The molecule has 2 aromatic rings. The van der Waals surface area contributed by atoms with Crippen molar-refractivity contribution in [2.24, 2.45) is 0 Å². The van der Waals surface area contributed by atoms with Crippen molar-refractivity contribution in [3.05, 3.63) is 59.2 Å². The predicted molar refractivity (Wildman–Crippen MR) is 77.4 cm³/mol. The minimum Gasteiger partial charge on any atom is -0.478 e. The zero-order chi connectivity index (χ0) is 14.0. The highest BCUT2D eigenvalue weighted by Crippen LogP contribution is 2.28. The third-order valence-electron chi connectivity index (χ3n) is 3.17. The smallest absolute Gasteiger partial charge is 0.337 e. The van der Waals surface area contributed by atoms with Crippen LogP contribution in [0.5, 0.6) is 0 Å². The van der Waals surface area contributed by atoms with Crippen LogP contribution in [0, 0.1) is 13.8 Å². The number of aryl methyl sites for hydroxylation is 2. The fourth-order valence-corrected chi connectivity index (χ4v) is 2.01. The number of nitrogens with zero attached hydrogens (tertiary/aromatic N) is 1. The van der Waals surface area contributed by atoms with E-state index in [2.05, 4.69) is 0 Å². The van der Waals surface area contributed by atoms with E-state index >= 15 is 0 Å². The Morgan fingerprint density at radius 2 is 1.58 bits per heavy atom. The van der Waals surface area contributed by atoms with E-state index in [9.17, 15) is 9.90 Å². The van der Waals surface area contributed by atoms with E-state index in [1.54, 1.807) is 6.07 Å². The van der Waals surface area contributed by atoms with Crippen LogP contribution in [-0.2, 0) is 0 Å². The Labute approximate surface area is 113 Å². The van der Waals surface area contributed by atoms with Crippen LogP contribution in [-0.4, -0.2) is 18.1 Å². The molecular weight excluding hydrogens is 238 g/mol. The molecule has 98 valence electrons. The number of rotatable bonds is 3. The summed E-state index contributed by atoms with van der Waals surface area (Å²) < 4.78 is 0. The van der Waals surface area contributed by atoms with Gasteiger partial charge >= 0.3 is 5.97 Å². The van der Waals surface area contributed by atoms with Gasteiger partial charge in [-0.05, 0) is 43.7 Å². The Morgan fingerprint density at radius 3 is 2.16 bits per heavy atom. The Kier molecular flexibility index (Phi) is 3.56. The second-order valence-electron chi connectivity index (χ2n) is 4.72. The van der Waals surface area contributed by atoms with Crippen LogP contribution in [0.15, 0.2) is 42.5 Å². The Hall–Kier alpha value is -2.29. The summed E-state index contributed by atoms with van der Waals surface area (Å²) in [5, 5.41) is 9.27. The number of aromatic carboxylic acids is 1. The lowest BCUT2D eigenvalue weighted by Gasteiger charge is -2.22. The van der Waals surface area contributed by atoms with Crippen molar-refractivity contribution in [1.82, 2.24) is 0 Å². The number of benzene rings is 2. The normalized spacial score (nSPS) is 10.3. The van der Waals surface area contributed by atoms with Crippen molar-refractivity contribution >= 4 is 17.3 Å². The number of anilines is 2. The fourth-order valence-electron chi connectivity index (χ4n) is 2.01. The summed E-state index contributed by atoms with van der Waals surface area (Å²) in [6.45, 7) is 3.98. The van der Waals surface area contributed by atoms with Gasteiger partial charge in [-0.2, -0.15) is 0 Å². The molecule has 3 heteroatoms. The zero-order valence-corrected chi connectivity index (χ0v) is 11.3. The molecule has 0 bridgehead atoms. The van der Waals surface area contributed by atoms with Gasteiger partial charge < -0.3 is 10.0 Å². The van der Waals surface area contributed by atoms with E-state index in [1.807, 2.05) is 62.2 Å². The average molecular weight is 255 g/mol. The van der Waals surface area contributed by atoms with Gasteiger partial charge in [0.1, 0.15) is 0 Å². The van der Waals surface area contributed by atoms with Gasteiger partial charge in [-0.3, -0.25) is 0 Å². The Balaban J connectivity index is 2.48. The summed E-state index contributed by atoms with van der Waals surface area (Å²) in [5.74, 6) is -0.908. The third kappa shape index (κ3) is 2.76. The standard InChI is InChI=1S/C16H17NO2/c1-11-4-7-13(8-5-11)17(3)15-10-12(2)6-9-14(15)16(18)19/h4-10H,1-3H3,(H,18,19). The topological polar surface area (TPSA) is 40.5 Å². The average Bonchev–Trinajstić information content (AvgIpc) is 2.38. The van der Waals surface area contributed by atoms with Crippen LogP contribution in [0.3, 0.4) is 0 Å². The summed E-state index contributed by atoms with van der Waals surface area (Å²) in [6, 6.07) is 13.4. The van der Waals surface area contributed by atoms with Crippen LogP contribution in [0.4, 0.5) is 11.4 Å². The first-order valence-electron chi connectivity index (χ1n) is 6.13. The van der Waals surface area contributed by atoms with Gasteiger partial charge in [-0.15, -0.1) is 0 Å². The molecular formula is C16H17NO2. The maximum absolute atomic E-state index is 11.3. The van der Waals surface area contributed by atoms with Gasteiger partial charge in [0.15, 0.2) is 0 Å². The van der Waals surface area contributed by atoms with Crippen molar-refractivity contribution in [2.45, 2.75) is 13.8 Å². The highest BCUT2D eigenvalue weighted by atomic mass is 16.4. The van der Waals surface area contributed by atoms with Crippen molar-refractivity contribution in [3.63, 3.8) is 0 Å². The van der Waals surface area contributed by atoms with Crippen molar-refractivity contribution in [1.29, 1.82) is 0 Å². The lowest BCUT2D eigenvalue weighted by molar-refractivity contribution is 0.0697. The van der Waals surface area contributed by atoms with E-state index in [4.69, 9.17) is 0 Å². The molecule has 0 saturated carbocycles. The van der Waals surface area contributed by atoms with Gasteiger partial charge in [-0.1, -0.05) is 23.8 Å². The second kappa shape index (κ2) is 5.14. The zero-order valence-electron chi connectivity index (χ0n) is 11.3. The lowest BCUT2D eigenvalue weighted by Crippen LogP contribution is -2.14. The third-order valence-corrected chi connectivity index (χ3v) is 3.17. The van der Waals surface area contributed by atoms with Gasteiger partial charge in [0.2, 0.25) is 0 Å². The van der Waals surface area contributed by atoms with E-state index in [-0.39, 0.29) is 0 Å². The van der Waals surface area contributed by atoms with Crippen LogP contribution < -0.4 is 4.90 Å². The van der Waals surface area contributed by atoms with E-state index in [1.165, 1.54) is 5.56 Å². The molecule has 0 unspecified atom stereocenters. The lowest BCUT2D eigenvalue weighted by atomic mass is 10.1. The highest BCUT2D eigenvalue weighted by Gasteiger charge is 2.14. The number of carboxylic acids is 1. The molecule has 19 heavy (non-hydrogen) atoms. The molecule has 0 spiro atoms. The van der Waals surface area contributed by atoms with Gasteiger partial charge in [-0.25, -0.2) is 4.79 Å². The molecule has 0 aliphatic carbocycles. The molecule has 0 heterocycles. The molecule has 1 N–H and O–H groups in total. The quantitative estimate of drug-likeness (QED) is 0.907. The van der Waals surface area contributed by atoms with E-state index in [0.717, 1.165) is 11.3 Å². The van der Waals surface area contributed by atoms with Gasteiger partial charge in [0.25, 0.3) is 0 Å². The van der Waals surface area contributed by atoms with Crippen LogP contribution in [0.25, 0.3) is 0 Å². The molecule has 3 nitrogen and oxygen atoms in total. The first kappa shape index (κ1) is 13.1. The monoisotopic (exact) mass is 255 g/mol. The first-order chi connectivity index (χ1) is 8.99. The molecule has 0 aliphatic rings. The number of hydrogen-bond acceptors (Lipinski definition) is 2. The fraction of sp³-hybridized carbons (Fsp3) is 0.188. The molecule has 0 aliphatic heterocycles. The Bertz CT molecular complexity index is 603. The van der Waals surface area contributed by atoms with E-state index in [0.29, 0.717) is 11.3 Å². The van der Waals surface area contributed by atoms with Crippen molar-refractivity contribution in [3.8, 4) is 0 Å². The molecule has 0 atom stereocenters. The summed E-state index contributed by atoms with van der Waals surface area (Å²) in [6.07, 6.45) is 0. The van der Waals surface area contributed by atoms with Gasteiger partial charge in [0.05, 0.1) is 11.3 Å². The number of carbonyl (C=O) groups is 1. The molecule has 0 saturated heterocycles. The van der Waals surface area contributed by atoms with Crippen LogP contribution in [0.2, 0.25) is 0 Å². The van der Waals surface area contributed by atoms with Crippen LogP contribution >= 0.6 is 0 Å². The van der Waals surface area contributed by atoms with Crippen molar-refractivity contribution < 1.29 is 9.90 Å². The summed E-state index contributed by atoms with van der Waals surface area (Å²) in [7, 11) is 1.88. The number of carboxylic acid groups (broad SMARTS) is 1. The second-order valence-corrected chi connectivity index (χ2v) is 4.72. The SMILES string of the molecule is Cc1ccc(N(C)c2cc(C)ccc2C(=O)O)cc1. The maximum Gasteiger partial charge on any atom is 0.337 e. The van der Waals surface area contributed by atoms with E-state index < -0.39 is 5.97 Å². The minimum absolute atomic E-state index is 0.314. The Morgan fingerprint density at radius 1 is 1.00 bits per heavy atom. The highest BCUT2D eigenvalue weighted by molar-refractivity contribution is 5.95. The summed E-state index contributed by atoms with van der Waals surface area (Å²) in [5.41, 5.74) is 4.21. The maximum atomic E-state index is 11.3. The molecule has 2 aromatic carbocycles. The molecule has 0 fully saturated rings. The first-order valence-corrected chi connectivity index (χ1v) is 6.13. The van der Waals surface area contributed by atoms with Crippen LogP contribution in [0.1, 0.15) is 21.5 Å². The molecule has 0 amide bonds. The molecule has 0 radical (unpaired) electrons. The summed E-state index contributed by atoms with van der Waals surface area (Å²) >= 11 is 0. The molecule has 0 aromatic heterocycles. The summed E-state index contributed by atoms with van der Waals surface area (Å²) in [4.78, 5) is 13.2. The van der Waals surface area contributed by atoms with Crippen molar-refractivity contribution in [2.75, 3.05) is 11.9 Å². The van der Waals surface area contributed by atoms with Gasteiger partial charge in [0, 0.05) is 12.7 Å². The minimum atomic E-state index is -0.908. The largest absolute Gasteiger partial charge is 0.478 e. The predicted octanol–water partition coefficient (Wildman–Crippen LogP) is 3.77.